The predicted octanol–water partition coefficient (Wildman–Crippen LogP) is 5.35. The summed E-state index contributed by atoms with van der Waals surface area (Å²) < 4.78 is 11.0. The van der Waals surface area contributed by atoms with Gasteiger partial charge in [0.25, 0.3) is 5.91 Å². The van der Waals surface area contributed by atoms with Gasteiger partial charge in [0.15, 0.2) is 6.10 Å². The number of carbonyl (C=O) groups excluding carboxylic acids is 1. The Bertz CT molecular complexity index is 882. The van der Waals surface area contributed by atoms with Gasteiger partial charge in [0.05, 0.1) is 18.3 Å². The first-order valence-electron chi connectivity index (χ1n) is 8.86. The minimum absolute atomic E-state index is 0.301. The quantitative estimate of drug-likeness (QED) is 0.482. The Hall–Kier alpha value is -2.24. The van der Waals surface area contributed by atoms with Crippen LogP contribution in [0.4, 0.5) is 0 Å². The molecule has 0 saturated carbocycles. The molecule has 0 bridgehead atoms. The second-order valence-electron chi connectivity index (χ2n) is 6.67. The van der Waals surface area contributed by atoms with E-state index < -0.39 is 12.0 Å². The summed E-state index contributed by atoms with van der Waals surface area (Å²) in [4.78, 5) is 12.2. The number of nitrogens with zero attached hydrogens (tertiary/aromatic N) is 1. The summed E-state index contributed by atoms with van der Waals surface area (Å²) in [6.07, 6.45) is 0.833. The minimum atomic E-state index is -0.779. The van der Waals surface area contributed by atoms with E-state index in [2.05, 4.69) is 24.4 Å². The highest BCUT2D eigenvalue weighted by molar-refractivity contribution is 6.35. The fraction of sp³-hybridized carbons (Fsp3) is 0.333. The van der Waals surface area contributed by atoms with Gasteiger partial charge < -0.3 is 9.47 Å². The fourth-order valence-electron chi connectivity index (χ4n) is 2.55. The summed E-state index contributed by atoms with van der Waals surface area (Å²) in [5, 5.41) is 4.89. The normalized spacial score (nSPS) is 12.3. The molecule has 2 aromatic rings. The molecule has 0 aliphatic rings. The molecule has 1 atom stereocenters. The zero-order valence-electron chi connectivity index (χ0n) is 16.5. The van der Waals surface area contributed by atoms with Crippen LogP contribution < -0.4 is 14.9 Å². The summed E-state index contributed by atoms with van der Waals surface area (Å²) in [6.45, 7) is 7.77. The third kappa shape index (κ3) is 5.63. The summed E-state index contributed by atoms with van der Waals surface area (Å²) in [6, 6.07) is 8.80. The van der Waals surface area contributed by atoms with E-state index in [0.29, 0.717) is 21.7 Å². The van der Waals surface area contributed by atoms with Crippen molar-refractivity contribution in [3.8, 4) is 11.5 Å². The molecule has 0 aliphatic carbocycles. The Labute approximate surface area is 175 Å². The number of hydrogen-bond donors (Lipinski definition) is 1. The number of ether oxygens (including phenoxy) is 2. The molecule has 1 unspecified atom stereocenters. The van der Waals surface area contributed by atoms with Crippen LogP contribution in [0.5, 0.6) is 11.5 Å². The Morgan fingerprint density at radius 2 is 1.86 bits per heavy atom. The van der Waals surface area contributed by atoms with Gasteiger partial charge in [-0.2, -0.15) is 5.10 Å². The second kappa shape index (κ2) is 9.80. The second-order valence-corrected chi connectivity index (χ2v) is 7.52. The number of aryl methyl sites for hydroxylation is 1. The van der Waals surface area contributed by atoms with E-state index in [-0.39, 0.29) is 0 Å². The van der Waals surface area contributed by atoms with Crippen molar-refractivity contribution in [2.24, 2.45) is 5.10 Å². The van der Waals surface area contributed by atoms with Crippen molar-refractivity contribution >= 4 is 35.3 Å². The lowest BCUT2D eigenvalue weighted by atomic mass is 9.97. The molecule has 0 radical (unpaired) electrons. The van der Waals surface area contributed by atoms with Crippen molar-refractivity contribution in [1.29, 1.82) is 0 Å². The van der Waals surface area contributed by atoms with E-state index in [1.807, 2.05) is 19.1 Å². The maximum absolute atomic E-state index is 12.2. The van der Waals surface area contributed by atoms with E-state index >= 15 is 0 Å². The molecular formula is C21H24Cl2N2O3. The van der Waals surface area contributed by atoms with Crippen LogP contribution in [0, 0.1) is 6.92 Å². The molecule has 0 saturated heterocycles. The number of nitrogens with one attached hydrogen (secondary N) is 1. The van der Waals surface area contributed by atoms with Crippen LogP contribution in [-0.4, -0.2) is 25.3 Å². The average molecular weight is 423 g/mol. The van der Waals surface area contributed by atoms with Gasteiger partial charge in [-0.05, 0) is 66.8 Å². The van der Waals surface area contributed by atoms with Crippen molar-refractivity contribution in [1.82, 2.24) is 5.43 Å². The van der Waals surface area contributed by atoms with Crippen LogP contribution in [-0.2, 0) is 4.79 Å². The van der Waals surface area contributed by atoms with Crippen LogP contribution in [0.3, 0.4) is 0 Å². The summed E-state index contributed by atoms with van der Waals surface area (Å²) in [5.41, 5.74) is 5.47. The summed E-state index contributed by atoms with van der Waals surface area (Å²) in [7, 11) is 1.66. The van der Waals surface area contributed by atoms with Gasteiger partial charge in [0, 0.05) is 5.02 Å². The Kier molecular flexibility index (Phi) is 7.72. The number of halogens is 2. The number of methoxy groups -OCH3 is 1. The van der Waals surface area contributed by atoms with Crippen LogP contribution in [0.15, 0.2) is 35.4 Å². The van der Waals surface area contributed by atoms with Crippen LogP contribution in [0.2, 0.25) is 10.0 Å². The van der Waals surface area contributed by atoms with Gasteiger partial charge in [0.2, 0.25) is 0 Å². The number of benzene rings is 2. The highest BCUT2D eigenvalue weighted by Gasteiger charge is 2.16. The standard InChI is InChI=1S/C21H24Cl2N2O3/c1-12(2)17-9-15(13(3)8-20(17)27-5)11-24-25-21(26)14(4)28-19-7-6-16(22)10-18(19)23/h6-12,14H,1-5H3,(H,25,26)/b24-11-. The number of rotatable bonds is 7. The van der Waals surface area contributed by atoms with Gasteiger partial charge in [0.1, 0.15) is 11.5 Å². The lowest BCUT2D eigenvalue weighted by Crippen LogP contribution is -2.33. The van der Waals surface area contributed by atoms with E-state index in [9.17, 15) is 4.79 Å². The number of amides is 1. The zero-order valence-corrected chi connectivity index (χ0v) is 18.1. The maximum atomic E-state index is 12.2. The predicted molar refractivity (Wildman–Crippen MR) is 114 cm³/mol. The highest BCUT2D eigenvalue weighted by Crippen LogP contribution is 2.29. The van der Waals surface area contributed by atoms with Crippen LogP contribution in [0.25, 0.3) is 0 Å². The van der Waals surface area contributed by atoms with E-state index in [4.69, 9.17) is 32.7 Å². The van der Waals surface area contributed by atoms with Crippen molar-refractivity contribution in [2.45, 2.75) is 39.7 Å². The van der Waals surface area contributed by atoms with E-state index in [1.165, 1.54) is 0 Å². The molecule has 0 spiro atoms. The molecule has 0 heterocycles. The molecular weight excluding hydrogens is 399 g/mol. The molecule has 0 fully saturated rings. The molecule has 150 valence electrons. The molecule has 1 amide bonds. The van der Waals surface area contributed by atoms with Gasteiger partial charge in [-0.15, -0.1) is 0 Å². The van der Waals surface area contributed by atoms with E-state index in [0.717, 1.165) is 22.4 Å². The first-order valence-corrected chi connectivity index (χ1v) is 9.61. The van der Waals surface area contributed by atoms with Gasteiger partial charge in [-0.25, -0.2) is 5.43 Å². The van der Waals surface area contributed by atoms with Crippen molar-refractivity contribution < 1.29 is 14.3 Å². The SMILES string of the molecule is COc1cc(C)c(/C=N\NC(=O)C(C)Oc2ccc(Cl)cc2Cl)cc1C(C)C. The Balaban J connectivity index is 2.05. The Morgan fingerprint density at radius 1 is 1.14 bits per heavy atom. The zero-order chi connectivity index (χ0) is 20.8. The monoisotopic (exact) mass is 422 g/mol. The van der Waals surface area contributed by atoms with Crippen molar-refractivity contribution in [3.63, 3.8) is 0 Å². The molecule has 7 heteroatoms. The van der Waals surface area contributed by atoms with Crippen LogP contribution >= 0.6 is 23.2 Å². The molecule has 5 nitrogen and oxygen atoms in total. The fourth-order valence-corrected chi connectivity index (χ4v) is 3.01. The average Bonchev–Trinajstić information content (AvgIpc) is 2.64. The lowest BCUT2D eigenvalue weighted by Gasteiger charge is -2.15. The van der Waals surface area contributed by atoms with Crippen molar-refractivity contribution in [3.05, 3.63) is 57.1 Å². The first kappa shape index (κ1) is 22.1. The van der Waals surface area contributed by atoms with Gasteiger partial charge in [-0.1, -0.05) is 37.0 Å². The van der Waals surface area contributed by atoms with Crippen LogP contribution in [0.1, 0.15) is 43.4 Å². The molecule has 1 N–H and O–H groups in total. The minimum Gasteiger partial charge on any atom is -0.496 e. The number of carbonyl (C=O) groups is 1. The largest absolute Gasteiger partial charge is 0.496 e. The summed E-state index contributed by atoms with van der Waals surface area (Å²) >= 11 is 11.9. The third-order valence-electron chi connectivity index (χ3n) is 4.19. The van der Waals surface area contributed by atoms with Gasteiger partial charge in [-0.3, -0.25) is 4.79 Å². The molecule has 0 aromatic heterocycles. The third-order valence-corrected chi connectivity index (χ3v) is 4.72. The number of hydrazone groups is 1. The van der Waals surface area contributed by atoms with Gasteiger partial charge >= 0.3 is 0 Å². The smallest absolute Gasteiger partial charge is 0.280 e. The molecule has 28 heavy (non-hydrogen) atoms. The lowest BCUT2D eigenvalue weighted by molar-refractivity contribution is -0.127. The topological polar surface area (TPSA) is 59.9 Å². The summed E-state index contributed by atoms with van der Waals surface area (Å²) in [5.74, 6) is 1.13. The van der Waals surface area contributed by atoms with E-state index in [1.54, 1.807) is 38.4 Å². The number of hydrogen-bond acceptors (Lipinski definition) is 4. The Morgan fingerprint density at radius 3 is 2.46 bits per heavy atom. The highest BCUT2D eigenvalue weighted by atomic mass is 35.5. The van der Waals surface area contributed by atoms with Crippen molar-refractivity contribution in [2.75, 3.05) is 7.11 Å². The molecule has 2 aromatic carbocycles. The molecule has 2 rings (SSSR count). The molecule has 0 aliphatic heterocycles. The maximum Gasteiger partial charge on any atom is 0.280 e. The first-order chi connectivity index (χ1) is 13.2.